The lowest BCUT2D eigenvalue weighted by Gasteiger charge is -1.99. The van der Waals surface area contributed by atoms with E-state index in [2.05, 4.69) is 39.5 Å². The first-order valence-corrected chi connectivity index (χ1v) is 6.10. The van der Waals surface area contributed by atoms with Gasteiger partial charge in [-0.2, -0.15) is 11.8 Å². The average Bonchev–Trinajstić information content (AvgIpc) is 2.07. The summed E-state index contributed by atoms with van der Waals surface area (Å²) < 4.78 is 0.902. The minimum absolute atomic E-state index is 0.553. The molecule has 1 heterocycles. The molecule has 0 N–H and O–H groups in total. The van der Waals surface area contributed by atoms with Crippen LogP contribution in [0.4, 0.5) is 0 Å². The molecule has 0 amide bonds. The number of halogens is 2. The predicted octanol–water partition coefficient (Wildman–Crippen LogP) is 2.99. The molecule has 0 aliphatic heterocycles. The number of hydrogen-bond donors (Lipinski definition) is 0. The van der Waals surface area contributed by atoms with Gasteiger partial charge >= 0.3 is 0 Å². The first kappa shape index (κ1) is 10.5. The molecule has 0 saturated carbocycles. The van der Waals surface area contributed by atoms with Gasteiger partial charge in [0.05, 0.1) is 9.32 Å². The van der Waals surface area contributed by atoms with Crippen molar-refractivity contribution in [2.45, 2.75) is 12.7 Å². The van der Waals surface area contributed by atoms with Crippen molar-refractivity contribution in [3.63, 3.8) is 0 Å². The lowest BCUT2D eigenvalue weighted by Crippen LogP contribution is -1.94. The minimum atomic E-state index is 0.553. The van der Waals surface area contributed by atoms with E-state index in [1.807, 2.05) is 0 Å². The largest absolute Gasteiger partial charge is 0.239 e. The Kier molecular flexibility index (Phi) is 4.60. The van der Waals surface area contributed by atoms with E-state index in [1.165, 1.54) is 0 Å². The first-order chi connectivity index (χ1) is 5.74. The average molecular weight is 315 g/mol. The van der Waals surface area contributed by atoms with E-state index < -0.39 is 0 Å². The number of nitrogens with zero attached hydrogens (tertiary/aromatic N) is 2. The van der Waals surface area contributed by atoms with Crippen LogP contribution in [-0.2, 0) is 5.75 Å². The highest BCUT2D eigenvalue weighted by Crippen LogP contribution is 2.16. The SMILES string of the molecule is CCSCc1ncc(I)c(Cl)n1. The Bertz CT molecular complexity index is 270. The van der Waals surface area contributed by atoms with Crippen molar-refractivity contribution in [1.29, 1.82) is 0 Å². The summed E-state index contributed by atoms with van der Waals surface area (Å²) in [5.41, 5.74) is 0. The van der Waals surface area contributed by atoms with Gasteiger partial charge in [0.15, 0.2) is 0 Å². The lowest BCUT2D eigenvalue weighted by molar-refractivity contribution is 1.02. The van der Waals surface area contributed by atoms with E-state index in [-0.39, 0.29) is 0 Å². The monoisotopic (exact) mass is 314 g/mol. The van der Waals surface area contributed by atoms with Crippen LogP contribution >= 0.6 is 46.0 Å². The van der Waals surface area contributed by atoms with E-state index in [9.17, 15) is 0 Å². The van der Waals surface area contributed by atoms with Crippen LogP contribution in [0.1, 0.15) is 12.7 Å². The van der Waals surface area contributed by atoms with Gasteiger partial charge in [0.1, 0.15) is 11.0 Å². The van der Waals surface area contributed by atoms with E-state index in [0.29, 0.717) is 5.15 Å². The first-order valence-electron chi connectivity index (χ1n) is 3.48. The molecule has 0 bridgehead atoms. The third kappa shape index (κ3) is 3.06. The molecule has 1 rings (SSSR count). The fourth-order valence-corrected chi connectivity index (χ4v) is 1.57. The van der Waals surface area contributed by atoms with Crippen LogP contribution in [-0.4, -0.2) is 15.7 Å². The smallest absolute Gasteiger partial charge is 0.146 e. The van der Waals surface area contributed by atoms with Crippen LogP contribution in [0.3, 0.4) is 0 Å². The third-order valence-electron chi connectivity index (χ3n) is 1.19. The Morgan fingerprint density at radius 1 is 1.67 bits per heavy atom. The minimum Gasteiger partial charge on any atom is -0.239 e. The van der Waals surface area contributed by atoms with Gasteiger partial charge in [-0.05, 0) is 28.3 Å². The van der Waals surface area contributed by atoms with E-state index >= 15 is 0 Å². The van der Waals surface area contributed by atoms with Crippen molar-refractivity contribution in [3.05, 3.63) is 20.7 Å². The summed E-state index contributed by atoms with van der Waals surface area (Å²) in [6.45, 7) is 2.11. The van der Waals surface area contributed by atoms with Gasteiger partial charge in [0.25, 0.3) is 0 Å². The third-order valence-corrected chi connectivity index (χ3v) is 3.45. The van der Waals surface area contributed by atoms with Gasteiger partial charge in [-0.25, -0.2) is 9.97 Å². The maximum absolute atomic E-state index is 5.82. The second kappa shape index (κ2) is 5.24. The van der Waals surface area contributed by atoms with Crippen molar-refractivity contribution in [1.82, 2.24) is 9.97 Å². The van der Waals surface area contributed by atoms with Gasteiger partial charge in [-0.15, -0.1) is 0 Å². The van der Waals surface area contributed by atoms with E-state index in [0.717, 1.165) is 20.9 Å². The van der Waals surface area contributed by atoms with Gasteiger partial charge in [0, 0.05) is 6.20 Å². The molecule has 0 saturated heterocycles. The van der Waals surface area contributed by atoms with Crippen LogP contribution in [0.2, 0.25) is 5.15 Å². The molecule has 1 aromatic heterocycles. The molecule has 0 spiro atoms. The molecule has 0 aromatic carbocycles. The summed E-state index contributed by atoms with van der Waals surface area (Å²) in [6.07, 6.45) is 1.75. The number of hydrogen-bond acceptors (Lipinski definition) is 3. The topological polar surface area (TPSA) is 25.8 Å². The van der Waals surface area contributed by atoms with Crippen molar-refractivity contribution in [2.24, 2.45) is 0 Å². The van der Waals surface area contributed by atoms with Gasteiger partial charge in [-0.1, -0.05) is 18.5 Å². The number of rotatable bonds is 3. The molecule has 0 unspecified atom stereocenters. The molecule has 0 radical (unpaired) electrons. The van der Waals surface area contributed by atoms with Crippen LogP contribution in [0.25, 0.3) is 0 Å². The molecule has 0 fully saturated rings. The highest BCUT2D eigenvalue weighted by atomic mass is 127. The van der Waals surface area contributed by atoms with Crippen LogP contribution < -0.4 is 0 Å². The quantitative estimate of drug-likeness (QED) is 0.633. The number of aromatic nitrogens is 2. The van der Waals surface area contributed by atoms with Gasteiger partial charge < -0.3 is 0 Å². The summed E-state index contributed by atoms with van der Waals surface area (Å²) in [7, 11) is 0. The summed E-state index contributed by atoms with van der Waals surface area (Å²) in [4.78, 5) is 8.29. The molecule has 0 aliphatic carbocycles. The molecule has 5 heteroatoms. The maximum Gasteiger partial charge on any atom is 0.146 e. The zero-order chi connectivity index (χ0) is 8.97. The highest BCUT2D eigenvalue weighted by molar-refractivity contribution is 14.1. The van der Waals surface area contributed by atoms with Crippen molar-refractivity contribution in [2.75, 3.05) is 5.75 Å². The second-order valence-corrected chi connectivity index (χ2v) is 4.86. The van der Waals surface area contributed by atoms with E-state index in [4.69, 9.17) is 11.6 Å². The summed E-state index contributed by atoms with van der Waals surface area (Å²) in [6, 6.07) is 0. The summed E-state index contributed by atoms with van der Waals surface area (Å²) >= 11 is 9.73. The van der Waals surface area contributed by atoms with Crippen molar-refractivity contribution in [3.8, 4) is 0 Å². The van der Waals surface area contributed by atoms with Crippen LogP contribution in [0, 0.1) is 3.57 Å². The second-order valence-electron chi connectivity index (χ2n) is 2.06. The molecule has 0 aliphatic rings. The Hall–Kier alpha value is 0.450. The summed E-state index contributed by atoms with van der Waals surface area (Å²) in [5, 5.41) is 0.553. The highest BCUT2D eigenvalue weighted by Gasteiger charge is 2.01. The zero-order valence-electron chi connectivity index (χ0n) is 6.55. The van der Waals surface area contributed by atoms with Crippen LogP contribution in [0.5, 0.6) is 0 Å². The Balaban J connectivity index is 2.69. The standard InChI is InChI=1S/C7H8ClIN2S/c1-2-12-4-6-10-3-5(9)7(8)11-6/h3H,2,4H2,1H3. The molecular weight excluding hydrogens is 307 g/mol. The number of thioether (sulfide) groups is 1. The van der Waals surface area contributed by atoms with Gasteiger partial charge in [0.2, 0.25) is 0 Å². The maximum atomic E-state index is 5.82. The molecular formula is C7H8ClIN2S. The predicted molar refractivity (Wildman–Crippen MR) is 61.6 cm³/mol. The Morgan fingerprint density at radius 3 is 3.00 bits per heavy atom. The zero-order valence-corrected chi connectivity index (χ0v) is 10.3. The fourth-order valence-electron chi connectivity index (χ4n) is 0.643. The Labute approximate surface area is 94.7 Å². The lowest BCUT2D eigenvalue weighted by atomic mass is 10.6. The molecule has 1 aromatic rings. The van der Waals surface area contributed by atoms with Gasteiger partial charge in [-0.3, -0.25) is 0 Å². The van der Waals surface area contributed by atoms with Crippen molar-refractivity contribution < 1.29 is 0 Å². The molecule has 66 valence electrons. The molecule has 2 nitrogen and oxygen atoms in total. The van der Waals surface area contributed by atoms with Crippen LogP contribution in [0.15, 0.2) is 6.20 Å². The summed E-state index contributed by atoms with van der Waals surface area (Å²) in [5.74, 6) is 2.73. The van der Waals surface area contributed by atoms with E-state index in [1.54, 1.807) is 18.0 Å². The molecule has 0 atom stereocenters. The Morgan fingerprint density at radius 2 is 2.42 bits per heavy atom. The fraction of sp³-hybridized carbons (Fsp3) is 0.429. The molecule has 12 heavy (non-hydrogen) atoms. The normalized spacial score (nSPS) is 10.2. The van der Waals surface area contributed by atoms with Crippen molar-refractivity contribution >= 4 is 46.0 Å².